The van der Waals surface area contributed by atoms with Gasteiger partial charge in [0.1, 0.15) is 11.8 Å². The molecule has 2 rings (SSSR count). The molecule has 3 amide bonds. The predicted octanol–water partition coefficient (Wildman–Crippen LogP) is 1.55. The standard InChI is InChI=1S/C21H29N3O4/c22-21(28)18(24-19(26)7-3-6-15-4-1-2-5-15)14-20(27)23-13-12-16-8-10-17(25)11-9-16/h3,7-11,15,18,25H,1-2,4-6,12-14H2,(H2,22,28)(H,23,27)(H,24,26)/b7-3+. The number of primary amides is 1. The molecule has 0 heterocycles. The SMILES string of the molecule is NC(=O)C(CC(=O)NCCc1ccc(O)cc1)NC(=O)/C=C/CC1CCCC1. The summed E-state index contributed by atoms with van der Waals surface area (Å²) in [5.74, 6) is -0.705. The summed E-state index contributed by atoms with van der Waals surface area (Å²) in [5, 5.41) is 14.5. The van der Waals surface area contributed by atoms with E-state index in [1.165, 1.54) is 31.8 Å². The Bertz CT molecular complexity index is 694. The maximum absolute atomic E-state index is 12.0. The predicted molar refractivity (Wildman–Crippen MR) is 106 cm³/mol. The first-order valence-corrected chi connectivity index (χ1v) is 9.75. The molecule has 1 aromatic rings. The van der Waals surface area contributed by atoms with Crippen LogP contribution in [0.15, 0.2) is 36.4 Å². The van der Waals surface area contributed by atoms with Crippen molar-refractivity contribution in [3.05, 3.63) is 42.0 Å². The summed E-state index contributed by atoms with van der Waals surface area (Å²) in [7, 11) is 0. The molecule has 0 spiro atoms. The summed E-state index contributed by atoms with van der Waals surface area (Å²) in [5.41, 5.74) is 6.28. The number of amides is 3. The van der Waals surface area contributed by atoms with Crippen molar-refractivity contribution in [2.24, 2.45) is 11.7 Å². The van der Waals surface area contributed by atoms with E-state index in [4.69, 9.17) is 5.73 Å². The second-order valence-electron chi connectivity index (χ2n) is 7.22. The van der Waals surface area contributed by atoms with Crippen LogP contribution in [0.3, 0.4) is 0 Å². The molecular formula is C21H29N3O4. The van der Waals surface area contributed by atoms with Crippen LogP contribution in [0.5, 0.6) is 5.75 Å². The molecule has 1 atom stereocenters. The van der Waals surface area contributed by atoms with E-state index in [-0.39, 0.29) is 18.1 Å². The van der Waals surface area contributed by atoms with Gasteiger partial charge in [-0.15, -0.1) is 0 Å². The van der Waals surface area contributed by atoms with Crippen molar-refractivity contribution in [2.75, 3.05) is 6.54 Å². The van der Waals surface area contributed by atoms with Gasteiger partial charge in [-0.05, 0) is 42.5 Å². The minimum absolute atomic E-state index is 0.185. The van der Waals surface area contributed by atoms with Gasteiger partial charge < -0.3 is 21.5 Å². The van der Waals surface area contributed by atoms with Gasteiger partial charge in [0, 0.05) is 6.54 Å². The highest BCUT2D eigenvalue weighted by Crippen LogP contribution is 2.27. The van der Waals surface area contributed by atoms with Crippen molar-refractivity contribution in [1.29, 1.82) is 0 Å². The highest BCUT2D eigenvalue weighted by atomic mass is 16.3. The summed E-state index contributed by atoms with van der Waals surface area (Å²) in [4.78, 5) is 35.6. The maximum Gasteiger partial charge on any atom is 0.244 e. The van der Waals surface area contributed by atoms with Gasteiger partial charge in [-0.25, -0.2) is 0 Å². The molecule has 0 radical (unpaired) electrons. The monoisotopic (exact) mass is 387 g/mol. The Kier molecular flexibility index (Phi) is 8.52. The first-order valence-electron chi connectivity index (χ1n) is 9.75. The quantitative estimate of drug-likeness (QED) is 0.455. The average Bonchev–Trinajstić information content (AvgIpc) is 3.16. The highest BCUT2D eigenvalue weighted by molar-refractivity contribution is 5.94. The molecule has 1 fully saturated rings. The summed E-state index contributed by atoms with van der Waals surface area (Å²) >= 11 is 0. The zero-order chi connectivity index (χ0) is 20.4. The molecule has 7 nitrogen and oxygen atoms in total. The van der Waals surface area contributed by atoms with Crippen LogP contribution in [0.25, 0.3) is 0 Å². The van der Waals surface area contributed by atoms with Gasteiger partial charge in [0.05, 0.1) is 6.42 Å². The lowest BCUT2D eigenvalue weighted by Gasteiger charge is -2.14. The molecule has 0 saturated heterocycles. The van der Waals surface area contributed by atoms with Crippen molar-refractivity contribution in [3.63, 3.8) is 0 Å². The Hall–Kier alpha value is -2.83. The van der Waals surface area contributed by atoms with Gasteiger partial charge in [0.2, 0.25) is 17.7 Å². The van der Waals surface area contributed by atoms with Gasteiger partial charge in [-0.3, -0.25) is 14.4 Å². The van der Waals surface area contributed by atoms with Gasteiger partial charge in [-0.2, -0.15) is 0 Å². The van der Waals surface area contributed by atoms with Crippen LogP contribution in [0.2, 0.25) is 0 Å². The van der Waals surface area contributed by atoms with Crippen molar-refractivity contribution >= 4 is 17.7 Å². The van der Waals surface area contributed by atoms with Crippen LogP contribution >= 0.6 is 0 Å². The Labute approximate surface area is 165 Å². The van der Waals surface area contributed by atoms with Gasteiger partial charge in [-0.1, -0.05) is 43.9 Å². The first kappa shape index (κ1) is 21.5. The Morgan fingerprint density at radius 2 is 1.86 bits per heavy atom. The van der Waals surface area contributed by atoms with E-state index < -0.39 is 17.9 Å². The Balaban J connectivity index is 1.71. The topological polar surface area (TPSA) is 122 Å². The van der Waals surface area contributed by atoms with Gasteiger partial charge in [0.25, 0.3) is 0 Å². The molecule has 5 N–H and O–H groups in total. The molecule has 1 aliphatic carbocycles. The summed E-state index contributed by atoms with van der Waals surface area (Å²) < 4.78 is 0. The zero-order valence-corrected chi connectivity index (χ0v) is 16.0. The van der Waals surface area contributed by atoms with Crippen molar-refractivity contribution in [2.45, 2.75) is 51.0 Å². The number of phenols is 1. The fourth-order valence-electron chi connectivity index (χ4n) is 3.32. The van der Waals surface area contributed by atoms with E-state index in [0.29, 0.717) is 18.9 Å². The van der Waals surface area contributed by atoms with E-state index in [2.05, 4.69) is 10.6 Å². The number of nitrogens with two attached hydrogens (primary N) is 1. The molecule has 0 aliphatic heterocycles. The normalized spacial score (nSPS) is 15.4. The molecule has 152 valence electrons. The number of carbonyl (C=O) groups excluding carboxylic acids is 3. The number of nitrogens with one attached hydrogen (secondary N) is 2. The van der Waals surface area contributed by atoms with Crippen molar-refractivity contribution < 1.29 is 19.5 Å². The molecular weight excluding hydrogens is 358 g/mol. The van der Waals surface area contributed by atoms with E-state index in [1.807, 2.05) is 6.08 Å². The second-order valence-corrected chi connectivity index (χ2v) is 7.22. The first-order chi connectivity index (χ1) is 13.4. The largest absolute Gasteiger partial charge is 0.508 e. The minimum atomic E-state index is -1.04. The number of hydrogen-bond donors (Lipinski definition) is 4. The van der Waals surface area contributed by atoms with E-state index in [9.17, 15) is 19.5 Å². The van der Waals surface area contributed by atoms with Gasteiger partial charge in [0.15, 0.2) is 0 Å². The number of benzene rings is 1. The third-order valence-electron chi connectivity index (χ3n) is 4.94. The highest BCUT2D eigenvalue weighted by Gasteiger charge is 2.20. The molecule has 0 bridgehead atoms. The number of phenolic OH excluding ortho intramolecular Hbond substituents is 1. The van der Waals surface area contributed by atoms with Crippen LogP contribution < -0.4 is 16.4 Å². The fourth-order valence-corrected chi connectivity index (χ4v) is 3.32. The lowest BCUT2D eigenvalue weighted by Crippen LogP contribution is -2.46. The molecule has 1 aromatic carbocycles. The summed E-state index contributed by atoms with van der Waals surface area (Å²) in [6, 6.07) is 5.65. The third-order valence-corrected chi connectivity index (χ3v) is 4.94. The molecule has 1 unspecified atom stereocenters. The molecule has 7 heteroatoms. The van der Waals surface area contributed by atoms with Crippen LogP contribution in [0.4, 0.5) is 0 Å². The van der Waals surface area contributed by atoms with Crippen LogP contribution in [-0.4, -0.2) is 35.4 Å². The summed E-state index contributed by atoms with van der Waals surface area (Å²) in [6.45, 7) is 0.379. The molecule has 1 saturated carbocycles. The lowest BCUT2D eigenvalue weighted by molar-refractivity contribution is -0.129. The minimum Gasteiger partial charge on any atom is -0.508 e. The van der Waals surface area contributed by atoms with Crippen LogP contribution in [-0.2, 0) is 20.8 Å². The number of aromatic hydroxyl groups is 1. The zero-order valence-electron chi connectivity index (χ0n) is 16.0. The van der Waals surface area contributed by atoms with Crippen molar-refractivity contribution in [1.82, 2.24) is 10.6 Å². The Morgan fingerprint density at radius 3 is 2.50 bits per heavy atom. The van der Waals surface area contributed by atoms with Crippen LogP contribution in [0.1, 0.15) is 44.1 Å². The number of carbonyl (C=O) groups is 3. The Morgan fingerprint density at radius 1 is 1.18 bits per heavy atom. The average molecular weight is 387 g/mol. The van der Waals surface area contributed by atoms with Crippen LogP contribution in [0, 0.1) is 5.92 Å². The number of hydrogen-bond acceptors (Lipinski definition) is 4. The fraction of sp³-hybridized carbons (Fsp3) is 0.476. The van der Waals surface area contributed by atoms with Gasteiger partial charge >= 0.3 is 0 Å². The van der Waals surface area contributed by atoms with E-state index >= 15 is 0 Å². The smallest absolute Gasteiger partial charge is 0.244 e. The lowest BCUT2D eigenvalue weighted by atomic mass is 10.0. The number of rotatable bonds is 10. The molecule has 28 heavy (non-hydrogen) atoms. The molecule has 0 aromatic heterocycles. The second kappa shape index (κ2) is 11.1. The van der Waals surface area contributed by atoms with Crippen molar-refractivity contribution in [3.8, 4) is 5.75 Å². The molecule has 1 aliphatic rings. The third kappa shape index (κ3) is 7.82. The maximum atomic E-state index is 12.0. The number of allylic oxidation sites excluding steroid dienone is 1. The van der Waals surface area contributed by atoms with E-state index in [0.717, 1.165) is 12.0 Å². The van der Waals surface area contributed by atoms with E-state index in [1.54, 1.807) is 24.3 Å². The summed E-state index contributed by atoms with van der Waals surface area (Å²) in [6.07, 6.45) is 9.36.